The van der Waals surface area contributed by atoms with Gasteiger partial charge in [0.15, 0.2) is 0 Å². The van der Waals surface area contributed by atoms with E-state index in [-0.39, 0.29) is 30.3 Å². The molecule has 4 nitrogen and oxygen atoms in total. The summed E-state index contributed by atoms with van der Waals surface area (Å²) in [6.07, 6.45) is 5.43. The van der Waals surface area contributed by atoms with Gasteiger partial charge in [-0.3, -0.25) is 9.78 Å². The Morgan fingerprint density at radius 3 is 2.70 bits per heavy atom. The molecule has 0 radical (unpaired) electrons. The smallest absolute Gasteiger partial charge is 0.226 e. The lowest BCUT2D eigenvalue weighted by Crippen LogP contribution is -2.43. The molecule has 1 N–H and O–H groups in total. The van der Waals surface area contributed by atoms with Crippen LogP contribution in [0.3, 0.4) is 0 Å². The van der Waals surface area contributed by atoms with Gasteiger partial charge in [0.1, 0.15) is 0 Å². The summed E-state index contributed by atoms with van der Waals surface area (Å²) >= 11 is 0. The van der Waals surface area contributed by atoms with Crippen LogP contribution in [0.1, 0.15) is 38.3 Å². The Labute approximate surface area is 127 Å². The maximum absolute atomic E-state index is 12.5. The number of piperidine rings is 1. The van der Waals surface area contributed by atoms with E-state index in [1.165, 1.54) is 0 Å². The molecule has 0 saturated carbocycles. The predicted molar refractivity (Wildman–Crippen MR) is 82.9 cm³/mol. The normalized spacial score (nSPS) is 23.6. The molecule has 1 aromatic heterocycles. The average Bonchev–Trinajstić information content (AvgIpc) is 2.46. The highest BCUT2D eigenvalue weighted by molar-refractivity contribution is 5.85. The minimum atomic E-state index is 0. The van der Waals surface area contributed by atoms with Gasteiger partial charge in [-0.05, 0) is 50.9 Å². The molecule has 1 unspecified atom stereocenters. The van der Waals surface area contributed by atoms with Gasteiger partial charge in [0.2, 0.25) is 5.91 Å². The van der Waals surface area contributed by atoms with Crippen LogP contribution in [0.15, 0.2) is 24.5 Å². The molecule has 5 heteroatoms. The molecule has 0 aromatic carbocycles. The number of carbonyl (C=O) groups excluding carboxylic acids is 1. The molecule has 0 spiro atoms. The van der Waals surface area contributed by atoms with Crippen molar-refractivity contribution in [3.05, 3.63) is 30.1 Å². The van der Waals surface area contributed by atoms with Crippen molar-refractivity contribution in [2.45, 2.75) is 38.8 Å². The van der Waals surface area contributed by atoms with Crippen LogP contribution in [-0.2, 0) is 4.79 Å². The second-order valence-corrected chi connectivity index (χ2v) is 5.48. The van der Waals surface area contributed by atoms with Gasteiger partial charge in [0.05, 0.1) is 6.04 Å². The summed E-state index contributed by atoms with van der Waals surface area (Å²) in [6, 6.07) is 4.48. The number of halogens is 1. The summed E-state index contributed by atoms with van der Waals surface area (Å²) in [6.45, 7) is 5.15. The van der Waals surface area contributed by atoms with Crippen LogP contribution >= 0.6 is 12.4 Å². The molecule has 1 aliphatic rings. The van der Waals surface area contributed by atoms with Crippen LogP contribution in [-0.4, -0.2) is 35.4 Å². The van der Waals surface area contributed by atoms with Gasteiger partial charge < -0.3 is 10.2 Å². The van der Waals surface area contributed by atoms with Crippen molar-refractivity contribution in [3.63, 3.8) is 0 Å². The van der Waals surface area contributed by atoms with Gasteiger partial charge in [-0.1, -0.05) is 0 Å². The molecule has 112 valence electrons. The van der Waals surface area contributed by atoms with Gasteiger partial charge in [-0.2, -0.15) is 0 Å². The van der Waals surface area contributed by atoms with Crippen molar-refractivity contribution in [1.82, 2.24) is 15.2 Å². The maximum Gasteiger partial charge on any atom is 0.226 e. The molecule has 2 rings (SSSR count). The molecule has 1 amide bonds. The third-order valence-corrected chi connectivity index (χ3v) is 4.09. The lowest BCUT2D eigenvalue weighted by Gasteiger charge is -2.33. The van der Waals surface area contributed by atoms with Gasteiger partial charge in [0.25, 0.3) is 0 Å². The van der Waals surface area contributed by atoms with E-state index in [0.717, 1.165) is 24.9 Å². The number of aromatic nitrogens is 1. The number of hydrogen-bond acceptors (Lipinski definition) is 3. The number of hydrogen-bond donors (Lipinski definition) is 1. The number of nitrogens with zero attached hydrogens (tertiary/aromatic N) is 2. The molecule has 0 aliphatic carbocycles. The van der Waals surface area contributed by atoms with Crippen LogP contribution in [0.25, 0.3) is 0 Å². The minimum Gasteiger partial charge on any atom is -0.339 e. The van der Waals surface area contributed by atoms with Crippen LogP contribution in [0.2, 0.25) is 0 Å². The Kier molecular flexibility index (Phi) is 6.43. The van der Waals surface area contributed by atoms with Crippen molar-refractivity contribution in [3.8, 4) is 0 Å². The Balaban J connectivity index is 0.00000200. The number of carbonyl (C=O) groups is 1. The quantitative estimate of drug-likeness (QED) is 0.932. The number of pyridine rings is 1. The van der Waals surface area contributed by atoms with E-state index in [4.69, 9.17) is 0 Å². The van der Waals surface area contributed by atoms with Crippen molar-refractivity contribution >= 4 is 18.3 Å². The van der Waals surface area contributed by atoms with E-state index in [0.29, 0.717) is 6.04 Å². The van der Waals surface area contributed by atoms with Crippen LogP contribution in [0.5, 0.6) is 0 Å². The molecule has 2 heterocycles. The second-order valence-electron chi connectivity index (χ2n) is 5.48. The van der Waals surface area contributed by atoms with Gasteiger partial charge >= 0.3 is 0 Å². The van der Waals surface area contributed by atoms with Crippen molar-refractivity contribution in [2.75, 3.05) is 13.6 Å². The summed E-state index contributed by atoms with van der Waals surface area (Å²) in [5.41, 5.74) is 1.13. The third-order valence-electron chi connectivity index (χ3n) is 4.09. The van der Waals surface area contributed by atoms with E-state index in [1.807, 2.05) is 24.1 Å². The van der Waals surface area contributed by atoms with E-state index in [2.05, 4.69) is 24.1 Å². The van der Waals surface area contributed by atoms with Crippen molar-refractivity contribution in [1.29, 1.82) is 0 Å². The minimum absolute atomic E-state index is 0. The first kappa shape index (κ1) is 16.9. The summed E-state index contributed by atoms with van der Waals surface area (Å²) in [5.74, 6) is 0.420. The fraction of sp³-hybridized carbons (Fsp3) is 0.600. The molecular formula is C15H24ClN3O. The fourth-order valence-electron chi connectivity index (χ4n) is 2.70. The third kappa shape index (κ3) is 3.93. The average molecular weight is 298 g/mol. The Morgan fingerprint density at radius 2 is 2.10 bits per heavy atom. The first-order valence-corrected chi connectivity index (χ1v) is 6.99. The number of rotatable bonds is 3. The lowest BCUT2D eigenvalue weighted by molar-refractivity contribution is -0.137. The van der Waals surface area contributed by atoms with E-state index < -0.39 is 0 Å². The molecule has 1 saturated heterocycles. The molecule has 1 aliphatic heterocycles. The molecule has 1 aromatic rings. The highest BCUT2D eigenvalue weighted by Gasteiger charge is 2.29. The zero-order valence-corrected chi connectivity index (χ0v) is 13.2. The Hall–Kier alpha value is -1.13. The standard InChI is InChI=1S/C15H23N3O.ClH/c1-11-10-14(6-9-17-11)15(19)18(3)12(2)13-4-7-16-8-5-13;/h4-5,7-8,11-12,14,17H,6,9-10H2,1-3H3;1H/t11-,12?,14-;/m0./s1. The van der Waals surface area contributed by atoms with E-state index >= 15 is 0 Å². The predicted octanol–water partition coefficient (Wildman–Crippen LogP) is 2.41. The second kappa shape index (κ2) is 7.60. The molecule has 3 atom stereocenters. The summed E-state index contributed by atoms with van der Waals surface area (Å²) in [7, 11) is 1.90. The van der Waals surface area contributed by atoms with E-state index in [1.54, 1.807) is 12.4 Å². The first-order valence-electron chi connectivity index (χ1n) is 6.99. The topological polar surface area (TPSA) is 45.2 Å². The van der Waals surface area contributed by atoms with Gasteiger partial charge in [0, 0.05) is 31.4 Å². The molecular weight excluding hydrogens is 274 g/mol. The van der Waals surface area contributed by atoms with Crippen LogP contribution in [0, 0.1) is 5.92 Å². The summed E-state index contributed by atoms with van der Waals surface area (Å²) < 4.78 is 0. The van der Waals surface area contributed by atoms with Crippen LogP contribution < -0.4 is 5.32 Å². The summed E-state index contributed by atoms with van der Waals surface area (Å²) in [5, 5.41) is 3.39. The number of amides is 1. The monoisotopic (exact) mass is 297 g/mol. The van der Waals surface area contributed by atoms with Crippen molar-refractivity contribution < 1.29 is 4.79 Å². The zero-order valence-electron chi connectivity index (χ0n) is 12.4. The zero-order chi connectivity index (χ0) is 13.8. The first-order chi connectivity index (χ1) is 9.09. The fourth-order valence-corrected chi connectivity index (χ4v) is 2.70. The molecule has 20 heavy (non-hydrogen) atoms. The Morgan fingerprint density at radius 1 is 1.45 bits per heavy atom. The van der Waals surface area contributed by atoms with E-state index in [9.17, 15) is 4.79 Å². The Bertz CT molecular complexity index is 426. The maximum atomic E-state index is 12.5. The van der Waals surface area contributed by atoms with Gasteiger partial charge in [-0.15, -0.1) is 12.4 Å². The van der Waals surface area contributed by atoms with Gasteiger partial charge in [-0.25, -0.2) is 0 Å². The lowest BCUT2D eigenvalue weighted by atomic mass is 9.91. The highest BCUT2D eigenvalue weighted by atomic mass is 35.5. The van der Waals surface area contributed by atoms with Crippen LogP contribution in [0.4, 0.5) is 0 Å². The molecule has 0 bridgehead atoms. The molecule has 1 fully saturated rings. The largest absolute Gasteiger partial charge is 0.339 e. The number of nitrogens with one attached hydrogen (secondary N) is 1. The highest BCUT2D eigenvalue weighted by Crippen LogP contribution is 2.24. The van der Waals surface area contributed by atoms with Crippen molar-refractivity contribution in [2.24, 2.45) is 5.92 Å². The SMILES string of the molecule is CC(c1ccncc1)N(C)C(=O)[C@H]1CCN[C@@H](C)C1.Cl. The summed E-state index contributed by atoms with van der Waals surface area (Å²) in [4.78, 5) is 18.4.